The van der Waals surface area contributed by atoms with E-state index in [1.54, 1.807) is 0 Å². The standard InChI is InChI=1S/C15H32N2O/c1-8-17(9-12(2)3)15(11-16)10-13(4,5)18-14(15,6)7/h12H,8-11,16H2,1-7H3. The lowest BCUT2D eigenvalue weighted by atomic mass is 9.77. The van der Waals surface area contributed by atoms with E-state index in [1.165, 1.54) is 0 Å². The average Bonchev–Trinajstić information content (AvgIpc) is 2.39. The monoisotopic (exact) mass is 256 g/mol. The second kappa shape index (κ2) is 5.10. The van der Waals surface area contributed by atoms with E-state index in [2.05, 4.69) is 53.4 Å². The summed E-state index contributed by atoms with van der Waals surface area (Å²) in [4.78, 5) is 2.53. The first-order valence-corrected chi connectivity index (χ1v) is 7.25. The molecule has 1 unspecified atom stereocenters. The van der Waals surface area contributed by atoms with Crippen LogP contribution in [0.4, 0.5) is 0 Å². The van der Waals surface area contributed by atoms with Crippen molar-refractivity contribution in [1.29, 1.82) is 0 Å². The Labute approximate surface area is 113 Å². The van der Waals surface area contributed by atoms with E-state index in [-0.39, 0.29) is 16.7 Å². The van der Waals surface area contributed by atoms with E-state index in [4.69, 9.17) is 10.5 Å². The van der Waals surface area contributed by atoms with Crippen LogP contribution in [0.5, 0.6) is 0 Å². The van der Waals surface area contributed by atoms with Crippen LogP contribution in [-0.2, 0) is 4.74 Å². The summed E-state index contributed by atoms with van der Waals surface area (Å²) < 4.78 is 6.29. The largest absolute Gasteiger partial charge is 0.368 e. The van der Waals surface area contributed by atoms with Crippen LogP contribution in [0.3, 0.4) is 0 Å². The highest BCUT2D eigenvalue weighted by Crippen LogP contribution is 2.48. The van der Waals surface area contributed by atoms with E-state index in [9.17, 15) is 0 Å². The highest BCUT2D eigenvalue weighted by atomic mass is 16.5. The summed E-state index contributed by atoms with van der Waals surface area (Å²) in [7, 11) is 0. The predicted molar refractivity (Wildman–Crippen MR) is 77.7 cm³/mol. The van der Waals surface area contributed by atoms with Gasteiger partial charge in [-0.25, -0.2) is 0 Å². The summed E-state index contributed by atoms with van der Waals surface area (Å²) in [5.74, 6) is 0.646. The fraction of sp³-hybridized carbons (Fsp3) is 1.00. The first kappa shape index (κ1) is 15.9. The molecule has 3 heteroatoms. The zero-order valence-corrected chi connectivity index (χ0v) is 13.3. The number of ether oxygens (including phenoxy) is 1. The second-order valence-corrected chi connectivity index (χ2v) is 7.22. The fourth-order valence-electron chi connectivity index (χ4n) is 3.73. The van der Waals surface area contributed by atoms with Gasteiger partial charge in [-0.15, -0.1) is 0 Å². The summed E-state index contributed by atoms with van der Waals surface area (Å²) in [6.07, 6.45) is 1.00. The molecule has 18 heavy (non-hydrogen) atoms. The molecule has 0 aromatic rings. The van der Waals surface area contributed by atoms with E-state index < -0.39 is 0 Å². The zero-order chi connectivity index (χ0) is 14.2. The van der Waals surface area contributed by atoms with Crippen molar-refractivity contribution >= 4 is 0 Å². The number of rotatable bonds is 5. The third-order valence-corrected chi connectivity index (χ3v) is 4.28. The maximum atomic E-state index is 6.29. The molecule has 0 amide bonds. The summed E-state index contributed by atoms with van der Waals surface area (Å²) in [6.45, 7) is 18.3. The minimum atomic E-state index is -0.198. The zero-order valence-electron chi connectivity index (χ0n) is 13.3. The van der Waals surface area contributed by atoms with Crippen molar-refractivity contribution in [2.24, 2.45) is 11.7 Å². The lowest BCUT2D eigenvalue weighted by molar-refractivity contribution is -0.104. The Balaban J connectivity index is 3.10. The molecule has 0 aliphatic carbocycles. The van der Waals surface area contributed by atoms with Gasteiger partial charge in [-0.1, -0.05) is 20.8 Å². The summed E-state index contributed by atoms with van der Waals surface area (Å²) in [6, 6.07) is 0. The van der Waals surface area contributed by atoms with Gasteiger partial charge in [0.15, 0.2) is 0 Å². The van der Waals surface area contributed by atoms with Crippen molar-refractivity contribution in [3.63, 3.8) is 0 Å². The van der Waals surface area contributed by atoms with Gasteiger partial charge in [-0.2, -0.15) is 0 Å². The first-order valence-electron chi connectivity index (χ1n) is 7.25. The van der Waals surface area contributed by atoms with Gasteiger partial charge >= 0.3 is 0 Å². The van der Waals surface area contributed by atoms with Gasteiger partial charge in [-0.3, -0.25) is 4.90 Å². The highest BCUT2D eigenvalue weighted by Gasteiger charge is 2.58. The van der Waals surface area contributed by atoms with Crippen molar-refractivity contribution in [2.75, 3.05) is 19.6 Å². The molecule has 1 saturated heterocycles. The van der Waals surface area contributed by atoms with Crippen molar-refractivity contribution < 1.29 is 4.74 Å². The van der Waals surface area contributed by atoms with Crippen LogP contribution in [0.25, 0.3) is 0 Å². The Hall–Kier alpha value is -0.120. The lowest BCUT2D eigenvalue weighted by Crippen LogP contribution is -2.64. The number of hydrogen-bond acceptors (Lipinski definition) is 3. The van der Waals surface area contributed by atoms with Gasteiger partial charge in [0.1, 0.15) is 0 Å². The molecule has 0 radical (unpaired) electrons. The molecule has 2 N–H and O–H groups in total. The van der Waals surface area contributed by atoms with Crippen LogP contribution >= 0.6 is 0 Å². The molecule has 1 fully saturated rings. The molecule has 1 heterocycles. The van der Waals surface area contributed by atoms with Crippen LogP contribution in [0, 0.1) is 5.92 Å². The van der Waals surface area contributed by atoms with Crippen molar-refractivity contribution in [3.05, 3.63) is 0 Å². The molecule has 0 saturated carbocycles. The molecule has 1 rings (SSSR count). The maximum absolute atomic E-state index is 6.29. The molecule has 0 aromatic heterocycles. The average molecular weight is 256 g/mol. The number of nitrogens with two attached hydrogens (primary N) is 1. The molecule has 1 aliphatic heterocycles. The Morgan fingerprint density at radius 1 is 1.22 bits per heavy atom. The minimum Gasteiger partial charge on any atom is -0.368 e. The molecular formula is C15H32N2O. The predicted octanol–water partition coefficient (Wildman–Crippen LogP) is 2.64. The smallest absolute Gasteiger partial charge is 0.0830 e. The first-order chi connectivity index (χ1) is 8.10. The molecular weight excluding hydrogens is 224 g/mol. The van der Waals surface area contributed by atoms with Gasteiger partial charge in [0, 0.05) is 13.1 Å². The van der Waals surface area contributed by atoms with Crippen molar-refractivity contribution in [2.45, 2.75) is 71.6 Å². The van der Waals surface area contributed by atoms with Crippen molar-refractivity contribution in [1.82, 2.24) is 4.90 Å². The number of likely N-dealkylation sites (N-methyl/N-ethyl adjacent to an activating group) is 1. The van der Waals surface area contributed by atoms with Gasteiger partial charge in [0.05, 0.1) is 16.7 Å². The highest BCUT2D eigenvalue weighted by molar-refractivity contribution is 5.13. The van der Waals surface area contributed by atoms with Gasteiger partial charge in [-0.05, 0) is 46.6 Å². The summed E-state index contributed by atoms with van der Waals surface area (Å²) >= 11 is 0. The van der Waals surface area contributed by atoms with Gasteiger partial charge in [0.25, 0.3) is 0 Å². The Morgan fingerprint density at radius 2 is 1.78 bits per heavy atom. The Kier molecular flexibility index (Phi) is 4.52. The van der Waals surface area contributed by atoms with Crippen LogP contribution in [-0.4, -0.2) is 41.3 Å². The van der Waals surface area contributed by atoms with Gasteiger partial charge in [0.2, 0.25) is 0 Å². The van der Waals surface area contributed by atoms with E-state index in [1.807, 2.05) is 0 Å². The molecule has 108 valence electrons. The lowest BCUT2D eigenvalue weighted by Gasteiger charge is -2.48. The van der Waals surface area contributed by atoms with Crippen LogP contribution in [0.2, 0.25) is 0 Å². The number of nitrogens with zero attached hydrogens (tertiary/aromatic N) is 1. The molecule has 0 bridgehead atoms. The molecule has 1 atom stereocenters. The third kappa shape index (κ3) is 2.73. The van der Waals surface area contributed by atoms with E-state index in [0.717, 1.165) is 19.5 Å². The molecule has 3 nitrogen and oxygen atoms in total. The SMILES string of the molecule is CCN(CC(C)C)C1(CN)CC(C)(C)OC1(C)C. The van der Waals surface area contributed by atoms with Crippen LogP contribution < -0.4 is 5.73 Å². The van der Waals surface area contributed by atoms with Crippen LogP contribution in [0.1, 0.15) is 54.9 Å². The third-order valence-electron chi connectivity index (χ3n) is 4.28. The second-order valence-electron chi connectivity index (χ2n) is 7.22. The summed E-state index contributed by atoms with van der Waals surface area (Å²) in [5.41, 5.74) is 5.86. The maximum Gasteiger partial charge on any atom is 0.0830 e. The normalized spacial score (nSPS) is 30.3. The van der Waals surface area contributed by atoms with Crippen LogP contribution in [0.15, 0.2) is 0 Å². The fourth-order valence-corrected chi connectivity index (χ4v) is 3.73. The molecule has 0 aromatic carbocycles. The number of hydrogen-bond donors (Lipinski definition) is 1. The molecule has 0 spiro atoms. The van der Waals surface area contributed by atoms with Crippen molar-refractivity contribution in [3.8, 4) is 0 Å². The van der Waals surface area contributed by atoms with Gasteiger partial charge < -0.3 is 10.5 Å². The topological polar surface area (TPSA) is 38.5 Å². The molecule has 1 aliphatic rings. The Morgan fingerprint density at radius 3 is 2.06 bits per heavy atom. The van der Waals surface area contributed by atoms with E-state index >= 15 is 0 Å². The quantitative estimate of drug-likeness (QED) is 0.822. The minimum absolute atomic E-state index is 0.0461. The summed E-state index contributed by atoms with van der Waals surface area (Å²) in [5, 5.41) is 0. The van der Waals surface area contributed by atoms with E-state index in [0.29, 0.717) is 12.5 Å². The Bertz CT molecular complexity index is 286.